The highest BCUT2D eigenvalue weighted by Gasteiger charge is 2.19. The van der Waals surface area contributed by atoms with Crippen LogP contribution in [0.1, 0.15) is 252 Å². The van der Waals surface area contributed by atoms with Gasteiger partial charge in [-0.3, -0.25) is 14.4 Å². The third-order valence-electron chi connectivity index (χ3n) is 11.6. The summed E-state index contributed by atoms with van der Waals surface area (Å²) in [6, 6.07) is 0. The minimum atomic E-state index is -0.797. The second kappa shape index (κ2) is 54.9. The first-order chi connectivity index (χ1) is 33.0. The number of rotatable bonds is 49. The lowest BCUT2D eigenvalue weighted by Gasteiger charge is -2.18. The SMILES string of the molecule is CC/C=C/C/C=C/C/C=C/CCCCCCCC(=O)OC[C@H](COC(=O)CCCCCCCCCCC/C=C/C/C=C/CCCCC)OC(=O)CCCCCCC/C=C/C/C=C/C/C=C/CC. The summed E-state index contributed by atoms with van der Waals surface area (Å²) in [4.78, 5) is 38.1. The molecule has 0 aliphatic rings. The van der Waals surface area contributed by atoms with Gasteiger partial charge in [0.2, 0.25) is 0 Å². The van der Waals surface area contributed by atoms with Crippen LogP contribution in [0.4, 0.5) is 0 Å². The molecule has 0 heterocycles. The standard InChI is InChI=1S/C61H102O6/c1-4-7-10-13-16-19-22-25-28-29-30-31-34-36-39-42-45-48-51-54-60(63)66-57-58(67-61(64)55-52-49-46-43-40-37-33-27-24-21-18-15-12-9-6-3)56-65-59(62)53-50-47-44-41-38-35-32-26-23-20-17-14-11-8-5-2/h8-9,11-12,16-21,25-28,32-33,58H,4-7,10,13-15,22-24,29-31,34-57H2,1-3H3/b11-8+,12-9+,19-16+,20-17+,21-18+,28-25+,32-26+,33-27+/t58-/m1/s1. The fraction of sp³-hybridized carbons (Fsp3) is 0.689. The Morgan fingerprint density at radius 1 is 0.313 bits per heavy atom. The average molecular weight is 931 g/mol. The van der Waals surface area contributed by atoms with Crippen molar-refractivity contribution in [3.63, 3.8) is 0 Å². The van der Waals surface area contributed by atoms with Crippen molar-refractivity contribution in [1.82, 2.24) is 0 Å². The zero-order valence-corrected chi connectivity index (χ0v) is 43.6. The van der Waals surface area contributed by atoms with Crippen molar-refractivity contribution < 1.29 is 28.6 Å². The van der Waals surface area contributed by atoms with Gasteiger partial charge in [-0.05, 0) is 116 Å². The van der Waals surface area contributed by atoms with E-state index in [1.165, 1.54) is 70.6 Å². The normalized spacial score (nSPS) is 12.8. The average Bonchev–Trinajstić information content (AvgIpc) is 3.33. The predicted molar refractivity (Wildman–Crippen MR) is 288 cm³/mol. The molecule has 0 saturated heterocycles. The predicted octanol–water partition coefficient (Wildman–Crippen LogP) is 18.5. The maximum absolute atomic E-state index is 12.8. The van der Waals surface area contributed by atoms with Gasteiger partial charge in [-0.25, -0.2) is 0 Å². The van der Waals surface area contributed by atoms with Gasteiger partial charge in [0.05, 0.1) is 0 Å². The molecule has 0 spiro atoms. The molecular formula is C61H102O6. The number of esters is 3. The van der Waals surface area contributed by atoms with Crippen molar-refractivity contribution in [2.45, 2.75) is 258 Å². The Morgan fingerprint density at radius 3 is 0.910 bits per heavy atom. The summed E-state index contributed by atoms with van der Waals surface area (Å²) in [6.45, 7) is 6.36. The highest BCUT2D eigenvalue weighted by Crippen LogP contribution is 2.14. The van der Waals surface area contributed by atoms with Gasteiger partial charge in [0.1, 0.15) is 13.2 Å². The van der Waals surface area contributed by atoms with Crippen molar-refractivity contribution in [3.05, 3.63) is 97.2 Å². The molecule has 6 nitrogen and oxygen atoms in total. The van der Waals surface area contributed by atoms with E-state index >= 15 is 0 Å². The maximum atomic E-state index is 12.8. The van der Waals surface area contributed by atoms with Crippen LogP contribution in [0, 0.1) is 0 Å². The quantitative estimate of drug-likeness (QED) is 0.0262. The van der Waals surface area contributed by atoms with Crippen LogP contribution in [0.3, 0.4) is 0 Å². The Hall–Kier alpha value is -3.67. The van der Waals surface area contributed by atoms with Crippen molar-refractivity contribution in [3.8, 4) is 0 Å². The number of allylic oxidation sites excluding steroid dienone is 16. The third kappa shape index (κ3) is 53.2. The highest BCUT2D eigenvalue weighted by atomic mass is 16.6. The van der Waals surface area contributed by atoms with Crippen molar-refractivity contribution >= 4 is 17.9 Å². The molecule has 0 bridgehead atoms. The summed E-state index contributed by atoms with van der Waals surface area (Å²) in [7, 11) is 0. The topological polar surface area (TPSA) is 78.9 Å². The lowest BCUT2D eigenvalue weighted by atomic mass is 10.1. The number of ether oxygens (including phenoxy) is 3. The third-order valence-corrected chi connectivity index (χ3v) is 11.6. The van der Waals surface area contributed by atoms with E-state index in [0.29, 0.717) is 19.3 Å². The van der Waals surface area contributed by atoms with Gasteiger partial charge in [-0.15, -0.1) is 0 Å². The molecule has 0 aliphatic carbocycles. The van der Waals surface area contributed by atoms with E-state index in [0.717, 1.165) is 141 Å². The van der Waals surface area contributed by atoms with Gasteiger partial charge >= 0.3 is 17.9 Å². The minimum Gasteiger partial charge on any atom is -0.462 e. The molecule has 0 aromatic heterocycles. The van der Waals surface area contributed by atoms with Gasteiger partial charge in [0, 0.05) is 19.3 Å². The fourth-order valence-corrected chi connectivity index (χ4v) is 7.44. The van der Waals surface area contributed by atoms with Crippen molar-refractivity contribution in [2.24, 2.45) is 0 Å². The molecule has 67 heavy (non-hydrogen) atoms. The molecule has 1 atom stereocenters. The highest BCUT2D eigenvalue weighted by molar-refractivity contribution is 5.71. The molecule has 6 heteroatoms. The minimum absolute atomic E-state index is 0.0932. The van der Waals surface area contributed by atoms with Crippen molar-refractivity contribution in [2.75, 3.05) is 13.2 Å². The van der Waals surface area contributed by atoms with Crippen LogP contribution >= 0.6 is 0 Å². The van der Waals surface area contributed by atoms with E-state index in [1.807, 2.05) is 0 Å². The van der Waals surface area contributed by atoms with E-state index in [2.05, 4.69) is 118 Å². The van der Waals surface area contributed by atoms with E-state index < -0.39 is 6.10 Å². The Morgan fingerprint density at radius 2 is 0.582 bits per heavy atom. The molecule has 0 aromatic rings. The van der Waals surface area contributed by atoms with Crippen LogP contribution in [-0.4, -0.2) is 37.2 Å². The van der Waals surface area contributed by atoms with Crippen LogP contribution in [0.5, 0.6) is 0 Å². The lowest BCUT2D eigenvalue weighted by molar-refractivity contribution is -0.167. The molecule has 0 aromatic carbocycles. The Balaban J connectivity index is 4.43. The van der Waals surface area contributed by atoms with Gasteiger partial charge in [-0.2, -0.15) is 0 Å². The summed E-state index contributed by atoms with van der Waals surface area (Å²) < 4.78 is 16.8. The number of hydrogen-bond acceptors (Lipinski definition) is 6. The maximum Gasteiger partial charge on any atom is 0.306 e. The van der Waals surface area contributed by atoms with E-state index in [4.69, 9.17) is 14.2 Å². The molecule has 0 rings (SSSR count). The smallest absolute Gasteiger partial charge is 0.306 e. The first-order valence-electron chi connectivity index (χ1n) is 27.7. The van der Waals surface area contributed by atoms with Gasteiger partial charge in [0.25, 0.3) is 0 Å². The van der Waals surface area contributed by atoms with Crippen LogP contribution in [0.2, 0.25) is 0 Å². The second-order valence-corrected chi connectivity index (χ2v) is 18.1. The summed E-state index contributed by atoms with van der Waals surface area (Å²) >= 11 is 0. The Kier molecular flexibility index (Phi) is 51.9. The van der Waals surface area contributed by atoms with Crippen LogP contribution in [0.15, 0.2) is 97.2 Å². The first-order valence-corrected chi connectivity index (χ1v) is 27.7. The zero-order valence-electron chi connectivity index (χ0n) is 43.6. The Labute approximate surface area is 413 Å². The van der Waals surface area contributed by atoms with Crippen LogP contribution in [0.25, 0.3) is 0 Å². The molecule has 0 fully saturated rings. The van der Waals surface area contributed by atoms with E-state index in [1.54, 1.807) is 0 Å². The van der Waals surface area contributed by atoms with Gasteiger partial charge < -0.3 is 14.2 Å². The van der Waals surface area contributed by atoms with E-state index in [-0.39, 0.29) is 31.1 Å². The monoisotopic (exact) mass is 931 g/mol. The molecule has 0 unspecified atom stereocenters. The molecule has 0 N–H and O–H groups in total. The van der Waals surface area contributed by atoms with Gasteiger partial charge in [-0.1, -0.05) is 214 Å². The summed E-state index contributed by atoms with van der Waals surface area (Å²) in [6.07, 6.45) is 72.5. The van der Waals surface area contributed by atoms with Crippen molar-refractivity contribution in [1.29, 1.82) is 0 Å². The molecular weight excluding hydrogens is 829 g/mol. The van der Waals surface area contributed by atoms with E-state index in [9.17, 15) is 14.4 Å². The van der Waals surface area contributed by atoms with Crippen LogP contribution < -0.4 is 0 Å². The Bertz CT molecular complexity index is 1350. The van der Waals surface area contributed by atoms with Gasteiger partial charge in [0.15, 0.2) is 6.10 Å². The zero-order chi connectivity index (χ0) is 48.6. The first kappa shape index (κ1) is 63.3. The number of unbranched alkanes of at least 4 members (excludes halogenated alkanes) is 22. The number of carbonyl (C=O) groups is 3. The summed E-state index contributed by atoms with van der Waals surface area (Å²) in [5.74, 6) is -0.931. The number of hydrogen-bond donors (Lipinski definition) is 0. The molecule has 0 saturated carbocycles. The largest absolute Gasteiger partial charge is 0.462 e. The summed E-state index contributed by atoms with van der Waals surface area (Å²) in [5.41, 5.74) is 0. The summed E-state index contributed by atoms with van der Waals surface area (Å²) in [5, 5.41) is 0. The molecule has 0 aliphatic heterocycles. The fourth-order valence-electron chi connectivity index (χ4n) is 7.44. The number of carbonyl (C=O) groups excluding carboxylic acids is 3. The molecule has 0 amide bonds. The lowest BCUT2D eigenvalue weighted by Crippen LogP contribution is -2.30. The molecule has 382 valence electrons. The molecule has 0 radical (unpaired) electrons. The second-order valence-electron chi connectivity index (χ2n) is 18.1. The van der Waals surface area contributed by atoms with Crippen LogP contribution in [-0.2, 0) is 28.6 Å².